The van der Waals surface area contributed by atoms with Gasteiger partial charge in [-0.15, -0.1) is 0 Å². The van der Waals surface area contributed by atoms with Crippen LogP contribution in [0.3, 0.4) is 0 Å². The van der Waals surface area contributed by atoms with E-state index in [9.17, 15) is 0 Å². The first-order valence-corrected chi connectivity index (χ1v) is 3.00. The molecular formula is C8H9N3. The highest BCUT2D eigenvalue weighted by Crippen LogP contribution is 1.97. The van der Waals surface area contributed by atoms with E-state index in [0.717, 1.165) is 0 Å². The molecule has 0 heterocycles. The van der Waals surface area contributed by atoms with Crippen LogP contribution < -0.4 is 0 Å². The Kier molecular flexibility index (Phi) is 4.27. The van der Waals surface area contributed by atoms with Crippen LogP contribution >= 0.6 is 0 Å². The molecule has 0 saturated heterocycles. The maximum Gasteiger partial charge on any atom is 0.519 e. The van der Waals surface area contributed by atoms with Crippen molar-refractivity contribution in [2.24, 2.45) is 0 Å². The highest BCUT2D eigenvalue weighted by Gasteiger charge is 1.95. The Labute approximate surface area is 66.9 Å². The molecule has 0 aliphatic rings. The number of rotatable bonds is 2. The van der Waals surface area contributed by atoms with Crippen molar-refractivity contribution >= 4 is 0 Å². The minimum absolute atomic E-state index is 0.0862. The third kappa shape index (κ3) is 4.74. The second-order valence-electron chi connectivity index (χ2n) is 2.05. The molecule has 0 fully saturated rings. The van der Waals surface area contributed by atoms with E-state index >= 15 is 0 Å². The van der Waals surface area contributed by atoms with Crippen LogP contribution in [0.25, 0.3) is 9.69 Å². The lowest BCUT2D eigenvalue weighted by Gasteiger charge is -2.00. The van der Waals surface area contributed by atoms with Crippen LogP contribution in [-0.4, -0.2) is 19.0 Å². The Morgan fingerprint density at radius 3 is 2.18 bits per heavy atom. The van der Waals surface area contributed by atoms with Crippen LogP contribution in [0.4, 0.5) is 0 Å². The van der Waals surface area contributed by atoms with Crippen LogP contribution in [0.15, 0.2) is 24.2 Å². The summed E-state index contributed by atoms with van der Waals surface area (Å²) in [5, 5.41) is 0. The molecule has 3 heteroatoms. The molecule has 0 radical (unpaired) electrons. The summed E-state index contributed by atoms with van der Waals surface area (Å²) in [4.78, 5) is 7.82. The van der Waals surface area contributed by atoms with Crippen molar-refractivity contribution in [1.29, 1.82) is 0 Å². The number of hydrogen-bond donors (Lipinski definition) is 0. The summed E-state index contributed by atoms with van der Waals surface area (Å²) in [5.41, 5.74) is 0. The van der Waals surface area contributed by atoms with E-state index in [1.165, 1.54) is 6.08 Å². The zero-order chi connectivity index (χ0) is 8.69. The Morgan fingerprint density at radius 1 is 1.27 bits per heavy atom. The molecule has 0 unspecified atom stereocenters. The lowest BCUT2D eigenvalue weighted by molar-refractivity contribution is 0.564. The number of allylic oxidation sites excluding steroid dienone is 2. The summed E-state index contributed by atoms with van der Waals surface area (Å²) in [5.74, 6) is 0.0862. The van der Waals surface area contributed by atoms with Gasteiger partial charge in [0, 0.05) is 20.2 Å². The van der Waals surface area contributed by atoms with E-state index in [1.807, 2.05) is 19.0 Å². The number of hydrogen-bond acceptors (Lipinski definition) is 1. The third-order valence-electron chi connectivity index (χ3n) is 0.859. The molecule has 0 bridgehead atoms. The summed E-state index contributed by atoms with van der Waals surface area (Å²) >= 11 is 0. The standard InChI is InChI=1S/C8H9N3/c1-9-8(10-2)6-5-7-11(3)4/h5-7H,3-4H3/b7-5-. The highest BCUT2D eigenvalue weighted by molar-refractivity contribution is 5.22. The second kappa shape index (κ2) is 5.08. The van der Waals surface area contributed by atoms with Gasteiger partial charge < -0.3 is 4.90 Å². The van der Waals surface area contributed by atoms with Crippen molar-refractivity contribution in [1.82, 2.24) is 4.90 Å². The Balaban J connectivity index is 4.15. The quantitative estimate of drug-likeness (QED) is 0.428. The van der Waals surface area contributed by atoms with Crippen molar-refractivity contribution in [3.05, 3.63) is 47.0 Å². The average Bonchev–Trinajstić information content (AvgIpc) is 1.98. The van der Waals surface area contributed by atoms with Crippen molar-refractivity contribution < 1.29 is 0 Å². The fourth-order valence-corrected chi connectivity index (χ4v) is 0.401. The molecule has 0 aliphatic carbocycles. The van der Waals surface area contributed by atoms with Gasteiger partial charge >= 0.3 is 5.82 Å². The van der Waals surface area contributed by atoms with Gasteiger partial charge in [0.15, 0.2) is 0 Å². The number of nitrogens with zero attached hydrogens (tertiary/aromatic N) is 3. The minimum atomic E-state index is 0.0862. The zero-order valence-corrected chi connectivity index (χ0v) is 6.57. The van der Waals surface area contributed by atoms with Crippen molar-refractivity contribution in [2.75, 3.05) is 14.1 Å². The van der Waals surface area contributed by atoms with Crippen LogP contribution in [0.2, 0.25) is 0 Å². The molecule has 0 atom stereocenters. The van der Waals surface area contributed by atoms with Crippen LogP contribution in [0, 0.1) is 13.1 Å². The van der Waals surface area contributed by atoms with E-state index < -0.39 is 0 Å². The molecule has 56 valence electrons. The first kappa shape index (κ1) is 9.26. The molecule has 0 amide bonds. The van der Waals surface area contributed by atoms with Gasteiger partial charge in [0.1, 0.15) is 13.1 Å². The molecule has 0 rings (SSSR count). The van der Waals surface area contributed by atoms with Gasteiger partial charge in [-0.2, -0.15) is 9.69 Å². The van der Waals surface area contributed by atoms with Crippen LogP contribution in [-0.2, 0) is 0 Å². The van der Waals surface area contributed by atoms with E-state index in [0.29, 0.717) is 0 Å². The minimum Gasteiger partial charge on any atom is -0.384 e. The Morgan fingerprint density at radius 2 is 1.82 bits per heavy atom. The predicted molar refractivity (Wildman–Crippen MR) is 44.1 cm³/mol. The van der Waals surface area contributed by atoms with Gasteiger partial charge in [0.25, 0.3) is 0 Å². The average molecular weight is 147 g/mol. The fourth-order valence-electron chi connectivity index (χ4n) is 0.401. The summed E-state index contributed by atoms with van der Waals surface area (Å²) in [6, 6.07) is 0. The molecule has 0 aliphatic heterocycles. The predicted octanol–water partition coefficient (Wildman–Crippen LogP) is 1.74. The third-order valence-corrected chi connectivity index (χ3v) is 0.859. The lowest BCUT2D eigenvalue weighted by atomic mass is 10.5. The first-order valence-electron chi connectivity index (χ1n) is 3.00. The topological polar surface area (TPSA) is 12.0 Å². The van der Waals surface area contributed by atoms with Gasteiger partial charge in [-0.1, -0.05) is 0 Å². The highest BCUT2D eigenvalue weighted by atomic mass is 15.0. The smallest absolute Gasteiger partial charge is 0.384 e. The van der Waals surface area contributed by atoms with Gasteiger partial charge in [0.2, 0.25) is 0 Å². The molecule has 0 N–H and O–H groups in total. The van der Waals surface area contributed by atoms with Gasteiger partial charge in [-0.05, 0) is 12.3 Å². The largest absolute Gasteiger partial charge is 0.519 e. The molecule has 3 nitrogen and oxygen atoms in total. The van der Waals surface area contributed by atoms with Crippen molar-refractivity contribution in [2.45, 2.75) is 0 Å². The van der Waals surface area contributed by atoms with Crippen molar-refractivity contribution in [3.8, 4) is 0 Å². The molecular weight excluding hydrogens is 138 g/mol. The monoisotopic (exact) mass is 147 g/mol. The maximum atomic E-state index is 6.54. The van der Waals surface area contributed by atoms with Gasteiger partial charge in [-0.3, -0.25) is 0 Å². The normalized spacial score (nSPS) is 8.36. The van der Waals surface area contributed by atoms with Crippen LogP contribution in [0.1, 0.15) is 0 Å². The summed E-state index contributed by atoms with van der Waals surface area (Å²) in [6.45, 7) is 13.1. The maximum absolute atomic E-state index is 6.54. The van der Waals surface area contributed by atoms with Gasteiger partial charge in [0.05, 0.1) is 0 Å². The second-order valence-corrected chi connectivity index (χ2v) is 2.05. The van der Waals surface area contributed by atoms with Gasteiger partial charge in [-0.25, -0.2) is 0 Å². The van der Waals surface area contributed by atoms with E-state index in [-0.39, 0.29) is 5.82 Å². The Hall–Kier alpha value is -1.74. The van der Waals surface area contributed by atoms with E-state index in [1.54, 1.807) is 12.3 Å². The van der Waals surface area contributed by atoms with E-state index in [4.69, 9.17) is 13.1 Å². The zero-order valence-electron chi connectivity index (χ0n) is 6.57. The van der Waals surface area contributed by atoms with Crippen LogP contribution in [0.5, 0.6) is 0 Å². The molecule has 0 aromatic carbocycles. The molecule has 11 heavy (non-hydrogen) atoms. The summed E-state index contributed by atoms with van der Waals surface area (Å²) in [7, 11) is 3.75. The molecule has 0 saturated carbocycles. The molecule has 0 aromatic heterocycles. The molecule has 0 aromatic rings. The Bertz CT molecular complexity index is 231. The lowest BCUT2D eigenvalue weighted by Crippen LogP contribution is -1.99. The SMILES string of the molecule is [C-]#[N+]C(=C/C=C\N(C)C)[N+]#[C-]. The summed E-state index contributed by atoms with van der Waals surface area (Å²) < 4.78 is 0. The van der Waals surface area contributed by atoms with Crippen molar-refractivity contribution in [3.63, 3.8) is 0 Å². The van der Waals surface area contributed by atoms with E-state index in [2.05, 4.69) is 9.69 Å². The summed E-state index contributed by atoms with van der Waals surface area (Å²) in [6.07, 6.45) is 4.93. The fraction of sp³-hybridized carbons (Fsp3) is 0.250. The first-order chi connectivity index (χ1) is 5.20. The molecule has 0 spiro atoms.